The van der Waals surface area contributed by atoms with Gasteiger partial charge in [-0.1, -0.05) is 412 Å². The van der Waals surface area contributed by atoms with E-state index in [1.165, 1.54) is 289 Å². The van der Waals surface area contributed by atoms with Gasteiger partial charge in [0, 0.05) is 12.8 Å². The van der Waals surface area contributed by atoms with E-state index in [1.54, 1.807) is 0 Å². The zero-order chi connectivity index (χ0) is 74.0. The van der Waals surface area contributed by atoms with Crippen molar-refractivity contribution in [2.24, 2.45) is 0 Å². The van der Waals surface area contributed by atoms with E-state index in [9.17, 15) is 19.0 Å². The second-order valence-corrected chi connectivity index (χ2v) is 32.0. The number of carbonyl (C=O) groups is 2. The summed E-state index contributed by atoms with van der Waals surface area (Å²) < 4.78 is 34.9. The van der Waals surface area contributed by atoms with Gasteiger partial charge in [0.1, 0.15) is 19.8 Å². The van der Waals surface area contributed by atoms with Gasteiger partial charge in [0.2, 0.25) is 0 Å². The number of likely N-dealkylation sites (N-methyl/N-ethyl adjacent to an activating group) is 1. The molecule has 0 fully saturated rings. The van der Waals surface area contributed by atoms with E-state index in [0.29, 0.717) is 23.9 Å². The van der Waals surface area contributed by atoms with Gasteiger partial charge in [-0.05, 0) is 96.3 Å². The van der Waals surface area contributed by atoms with Crippen molar-refractivity contribution in [3.63, 3.8) is 0 Å². The summed E-state index contributed by atoms with van der Waals surface area (Å²) in [5, 5.41) is 0. The number of quaternary nitrogens is 1. The van der Waals surface area contributed by atoms with E-state index in [1.807, 2.05) is 21.1 Å². The normalized spacial score (nSPS) is 13.5. The molecule has 0 rings (SSSR count). The van der Waals surface area contributed by atoms with E-state index < -0.39 is 26.5 Å². The van der Waals surface area contributed by atoms with Crippen molar-refractivity contribution in [1.82, 2.24) is 0 Å². The number of hydrogen-bond donors (Lipinski definition) is 1. The fourth-order valence-electron chi connectivity index (χ4n) is 12.7. The van der Waals surface area contributed by atoms with Crippen LogP contribution in [-0.2, 0) is 32.7 Å². The summed E-state index contributed by atoms with van der Waals surface area (Å²) in [5.41, 5.74) is 0. The molecule has 2 unspecified atom stereocenters. The lowest BCUT2D eigenvalue weighted by Crippen LogP contribution is -2.37. The lowest BCUT2D eigenvalue weighted by molar-refractivity contribution is -0.870. The molecule has 0 heterocycles. The Kier molecular flexibility index (Phi) is 79.1. The highest BCUT2D eigenvalue weighted by molar-refractivity contribution is 7.47. The van der Waals surface area contributed by atoms with E-state index in [2.05, 4.69) is 123 Å². The number of allylic oxidation sites excluding steroid dienone is 18. The Balaban J connectivity index is 3.87. The zero-order valence-electron chi connectivity index (χ0n) is 67.8. The highest BCUT2D eigenvalue weighted by Gasteiger charge is 2.27. The van der Waals surface area contributed by atoms with Crippen LogP contribution >= 0.6 is 7.82 Å². The lowest BCUT2D eigenvalue weighted by Gasteiger charge is -2.24. The van der Waals surface area contributed by atoms with Crippen LogP contribution in [0.5, 0.6) is 0 Å². The minimum atomic E-state index is -4.40. The van der Waals surface area contributed by atoms with Crippen molar-refractivity contribution in [2.75, 3.05) is 47.5 Å². The van der Waals surface area contributed by atoms with Gasteiger partial charge in [0.05, 0.1) is 27.7 Å². The SMILES string of the molecule is CC/C=C\C/C=C\C/C=C\C/C=C\C/C=C\CCCCCCCCCCCCCCCCCCCCCCCCCCCC(=O)OC(COC(=O)CCCCCCCCCCCCCCCCCCCCCCCCCC/C=C\C/C=C\C/C=C\C/C=C\CC)COP(=O)(O)OCC[N+](C)(C)C. The van der Waals surface area contributed by atoms with Gasteiger partial charge >= 0.3 is 19.8 Å². The number of esters is 2. The molecule has 0 aromatic carbocycles. The average molecular weight is 1450 g/mol. The van der Waals surface area contributed by atoms with Crippen molar-refractivity contribution in [3.8, 4) is 0 Å². The largest absolute Gasteiger partial charge is 0.472 e. The standard InChI is InChI=1S/C92H166NO8P/c1-6-8-10-12-14-16-18-20-22-24-26-28-30-32-34-36-38-40-42-44-45-46-47-49-51-53-55-57-59-61-63-65-67-69-71-73-75-77-79-81-83-85-92(95)101-90(89-100-102(96,97)99-87-86-93(3,4)5)88-98-91(94)84-82-80-78-76-74-72-70-68-66-64-62-60-58-56-54-52-50-48-43-41-39-37-35-33-31-29-27-25-23-21-19-17-15-13-11-9-7-2/h8-11,14-17,20-23,26-29,32,34,90H,6-7,12-13,18-19,24-25,30-31,33,35-89H2,1-5H3/p+1/b10-8-,11-9-,16-14-,17-15-,22-20-,23-21-,28-26-,29-27-,34-32-. The van der Waals surface area contributed by atoms with Crippen LogP contribution < -0.4 is 0 Å². The first-order valence-corrected chi connectivity index (χ1v) is 45.1. The first-order valence-electron chi connectivity index (χ1n) is 43.6. The lowest BCUT2D eigenvalue weighted by atomic mass is 10.0. The third-order valence-electron chi connectivity index (χ3n) is 19.3. The molecule has 0 aliphatic rings. The first kappa shape index (κ1) is 98.7. The smallest absolute Gasteiger partial charge is 0.462 e. The highest BCUT2D eigenvalue weighted by atomic mass is 31.2. The van der Waals surface area contributed by atoms with Gasteiger partial charge in [-0.25, -0.2) is 4.57 Å². The molecule has 10 heteroatoms. The Bertz CT molecular complexity index is 2100. The summed E-state index contributed by atoms with van der Waals surface area (Å²) in [6, 6.07) is 0. The molecular weight excluding hydrogens is 1280 g/mol. The van der Waals surface area contributed by atoms with Crippen LogP contribution in [0.4, 0.5) is 0 Å². The molecule has 592 valence electrons. The molecule has 0 aliphatic carbocycles. The van der Waals surface area contributed by atoms with Crippen LogP contribution in [0.1, 0.15) is 412 Å². The van der Waals surface area contributed by atoms with Crippen LogP contribution in [0.2, 0.25) is 0 Å². The second-order valence-electron chi connectivity index (χ2n) is 30.5. The maximum absolute atomic E-state index is 12.9. The van der Waals surface area contributed by atoms with E-state index in [4.69, 9.17) is 18.5 Å². The molecule has 2 atom stereocenters. The number of ether oxygens (including phenoxy) is 2. The Labute approximate surface area is 633 Å². The third-order valence-corrected chi connectivity index (χ3v) is 20.3. The molecule has 0 amide bonds. The molecule has 1 N–H and O–H groups in total. The summed E-state index contributed by atoms with van der Waals surface area (Å²) in [4.78, 5) is 36.1. The van der Waals surface area contributed by atoms with Crippen LogP contribution in [0.25, 0.3) is 0 Å². The summed E-state index contributed by atoms with van der Waals surface area (Å²) >= 11 is 0. The van der Waals surface area contributed by atoms with E-state index in [-0.39, 0.29) is 25.6 Å². The zero-order valence-corrected chi connectivity index (χ0v) is 68.7. The minimum Gasteiger partial charge on any atom is -0.462 e. The van der Waals surface area contributed by atoms with Crippen LogP contribution in [0, 0.1) is 0 Å². The topological polar surface area (TPSA) is 108 Å². The maximum atomic E-state index is 12.9. The predicted octanol–water partition coefficient (Wildman–Crippen LogP) is 29.5. The molecular formula is C92H167NO8P+. The summed E-state index contributed by atoms with van der Waals surface area (Å²) in [5.74, 6) is -0.775. The van der Waals surface area contributed by atoms with Crippen molar-refractivity contribution < 1.29 is 42.1 Å². The van der Waals surface area contributed by atoms with E-state index in [0.717, 1.165) is 89.9 Å². The molecule has 9 nitrogen and oxygen atoms in total. The van der Waals surface area contributed by atoms with Crippen LogP contribution in [0.3, 0.4) is 0 Å². The average Bonchev–Trinajstić information content (AvgIpc) is 0.916. The quantitative estimate of drug-likeness (QED) is 0.0211. The Morgan fingerprint density at radius 3 is 0.784 bits per heavy atom. The fraction of sp³-hybridized carbons (Fsp3) is 0.783. The Morgan fingerprint density at radius 1 is 0.304 bits per heavy atom. The number of carbonyl (C=O) groups excluding carboxylic acids is 2. The summed E-state index contributed by atoms with van der Waals surface area (Å²) in [6.45, 7) is 4.27. The monoisotopic (exact) mass is 1450 g/mol. The summed E-state index contributed by atoms with van der Waals surface area (Å²) in [6.07, 6.45) is 117. The van der Waals surface area contributed by atoms with Gasteiger partial charge in [0.25, 0.3) is 0 Å². The summed E-state index contributed by atoms with van der Waals surface area (Å²) in [7, 11) is 1.50. The molecule has 102 heavy (non-hydrogen) atoms. The number of phosphoric acid groups is 1. The van der Waals surface area contributed by atoms with Crippen LogP contribution in [-0.4, -0.2) is 74.9 Å². The molecule has 0 radical (unpaired) electrons. The first-order chi connectivity index (χ1) is 50.0. The van der Waals surface area contributed by atoms with Gasteiger partial charge in [-0.15, -0.1) is 0 Å². The maximum Gasteiger partial charge on any atom is 0.472 e. The Morgan fingerprint density at radius 2 is 0.529 bits per heavy atom. The number of phosphoric ester groups is 1. The fourth-order valence-corrected chi connectivity index (χ4v) is 13.5. The van der Waals surface area contributed by atoms with Crippen molar-refractivity contribution in [1.29, 1.82) is 0 Å². The van der Waals surface area contributed by atoms with Gasteiger partial charge in [-0.3, -0.25) is 18.6 Å². The molecule has 0 aromatic rings. The number of rotatable bonds is 81. The van der Waals surface area contributed by atoms with Crippen LogP contribution in [0.15, 0.2) is 109 Å². The molecule has 0 spiro atoms. The van der Waals surface area contributed by atoms with Crippen molar-refractivity contribution >= 4 is 19.8 Å². The van der Waals surface area contributed by atoms with Crippen molar-refractivity contribution in [3.05, 3.63) is 109 Å². The molecule has 0 bridgehead atoms. The highest BCUT2D eigenvalue weighted by Crippen LogP contribution is 2.43. The van der Waals surface area contributed by atoms with Gasteiger partial charge in [-0.2, -0.15) is 0 Å². The third kappa shape index (κ3) is 85.6. The number of hydrogen-bond acceptors (Lipinski definition) is 7. The van der Waals surface area contributed by atoms with Gasteiger partial charge < -0.3 is 18.9 Å². The molecule has 0 saturated carbocycles. The van der Waals surface area contributed by atoms with Gasteiger partial charge in [0.15, 0.2) is 6.10 Å². The predicted molar refractivity (Wildman–Crippen MR) is 445 cm³/mol. The minimum absolute atomic E-state index is 0.0327. The number of nitrogens with zero attached hydrogens (tertiary/aromatic N) is 1. The number of unbranched alkanes of at least 4 members (excludes halogenated alkanes) is 49. The molecule has 0 aliphatic heterocycles. The molecule has 0 aromatic heterocycles. The Hall–Kier alpha value is -3.33. The second kappa shape index (κ2) is 81.7. The van der Waals surface area contributed by atoms with Crippen molar-refractivity contribution in [2.45, 2.75) is 418 Å². The molecule has 0 saturated heterocycles. The van der Waals surface area contributed by atoms with E-state index >= 15 is 0 Å².